The first-order valence-corrected chi connectivity index (χ1v) is 13.6. The van der Waals surface area contributed by atoms with Gasteiger partial charge in [-0.15, -0.1) is 0 Å². The molecular weight excluding hydrogens is 412 g/mol. The molecule has 4 atom stereocenters. The molecule has 33 heavy (non-hydrogen) atoms. The highest BCUT2D eigenvalue weighted by Gasteiger charge is 2.57. The molecule has 0 saturated carbocycles. The van der Waals surface area contributed by atoms with Gasteiger partial charge in [0.15, 0.2) is 0 Å². The van der Waals surface area contributed by atoms with E-state index in [1.807, 2.05) is 7.05 Å². The van der Waals surface area contributed by atoms with Gasteiger partial charge in [-0.25, -0.2) is 10.9 Å². The lowest BCUT2D eigenvalue weighted by molar-refractivity contribution is -0.127. The van der Waals surface area contributed by atoms with E-state index in [1.165, 1.54) is 0 Å². The molecule has 0 amide bonds. The first kappa shape index (κ1) is 32.7. The summed E-state index contributed by atoms with van der Waals surface area (Å²) in [7, 11) is 2.04. The molecule has 0 aromatic heterocycles. The predicted molar refractivity (Wildman–Crippen MR) is 145 cm³/mol. The van der Waals surface area contributed by atoms with Crippen molar-refractivity contribution in [1.29, 1.82) is 0 Å². The van der Waals surface area contributed by atoms with Crippen molar-refractivity contribution >= 4 is 0 Å². The molecular formula is C25H60N8. The van der Waals surface area contributed by atoms with E-state index in [-0.39, 0.29) is 12.2 Å². The predicted octanol–water partition coefficient (Wildman–Crippen LogP) is 2.71. The van der Waals surface area contributed by atoms with Gasteiger partial charge in [0.05, 0.1) is 6.17 Å². The Morgan fingerprint density at radius 2 is 1.52 bits per heavy atom. The van der Waals surface area contributed by atoms with Gasteiger partial charge in [-0.2, -0.15) is 5.12 Å². The van der Waals surface area contributed by atoms with Crippen LogP contribution in [0.3, 0.4) is 0 Å². The molecule has 0 aliphatic rings. The van der Waals surface area contributed by atoms with E-state index in [9.17, 15) is 0 Å². The molecule has 0 saturated heterocycles. The van der Waals surface area contributed by atoms with E-state index in [2.05, 4.69) is 112 Å². The molecule has 0 heterocycles. The fourth-order valence-corrected chi connectivity index (χ4v) is 4.10. The van der Waals surface area contributed by atoms with E-state index in [0.29, 0.717) is 12.0 Å². The van der Waals surface area contributed by atoms with Crippen molar-refractivity contribution in [3.05, 3.63) is 0 Å². The molecule has 0 aliphatic carbocycles. The van der Waals surface area contributed by atoms with E-state index in [0.717, 1.165) is 51.9 Å². The number of nitrogens with one attached hydrogen (secondary N) is 7. The normalized spacial score (nSPS) is 18.0. The number of likely N-dealkylation sites (N-methyl/N-ethyl adjacent to an activating group) is 2. The van der Waals surface area contributed by atoms with E-state index < -0.39 is 11.3 Å². The minimum absolute atomic E-state index is 0.0246. The molecule has 0 aromatic rings. The Balaban J connectivity index is 6.84. The summed E-state index contributed by atoms with van der Waals surface area (Å²) < 4.78 is 0. The van der Waals surface area contributed by atoms with Crippen molar-refractivity contribution in [2.24, 2.45) is 5.92 Å². The lowest BCUT2D eigenvalue weighted by atomic mass is 9.86. The van der Waals surface area contributed by atoms with Crippen LogP contribution in [0.4, 0.5) is 0 Å². The lowest BCUT2D eigenvalue weighted by Gasteiger charge is -2.59. The summed E-state index contributed by atoms with van der Waals surface area (Å²) in [6.45, 7) is 25.9. The van der Waals surface area contributed by atoms with E-state index >= 15 is 0 Å². The minimum atomic E-state index is -0.577. The van der Waals surface area contributed by atoms with Crippen LogP contribution in [0.15, 0.2) is 0 Å². The van der Waals surface area contributed by atoms with Crippen LogP contribution in [-0.4, -0.2) is 67.9 Å². The number of hydrogen-bond acceptors (Lipinski definition) is 8. The molecule has 0 radical (unpaired) electrons. The van der Waals surface area contributed by atoms with Crippen molar-refractivity contribution in [2.45, 2.75) is 124 Å². The van der Waals surface area contributed by atoms with Crippen LogP contribution in [0, 0.1) is 5.92 Å². The second kappa shape index (κ2) is 17.2. The highest BCUT2D eigenvalue weighted by Crippen LogP contribution is 2.28. The van der Waals surface area contributed by atoms with Crippen molar-refractivity contribution in [1.82, 2.24) is 42.6 Å². The highest BCUT2D eigenvalue weighted by molar-refractivity contribution is 5.11. The molecule has 0 aromatic carbocycles. The van der Waals surface area contributed by atoms with Gasteiger partial charge in [-0.1, -0.05) is 48.0 Å². The van der Waals surface area contributed by atoms with Gasteiger partial charge >= 0.3 is 0 Å². The standard InChI is InChI=1S/C25H60N8/c1-12-16-18-29-25(28-17-13-2,31-21(7)8)24(10,23(26-11)27-15-4)33(30-19-20(5)6)32-22(9)14-3/h20-23,26-32H,12-19H2,1-11H3. The van der Waals surface area contributed by atoms with Crippen LogP contribution in [0.5, 0.6) is 0 Å². The quantitative estimate of drug-likeness (QED) is 0.0780. The summed E-state index contributed by atoms with van der Waals surface area (Å²) >= 11 is 0. The highest BCUT2D eigenvalue weighted by atomic mass is 15.8. The van der Waals surface area contributed by atoms with E-state index in [4.69, 9.17) is 0 Å². The summed E-state index contributed by atoms with van der Waals surface area (Å²) in [6.07, 6.45) is 4.34. The van der Waals surface area contributed by atoms with Gasteiger partial charge in [0.25, 0.3) is 0 Å². The van der Waals surface area contributed by atoms with Crippen LogP contribution in [0.2, 0.25) is 0 Å². The molecule has 0 bridgehead atoms. The van der Waals surface area contributed by atoms with Gasteiger partial charge < -0.3 is 10.6 Å². The van der Waals surface area contributed by atoms with Crippen LogP contribution in [-0.2, 0) is 0 Å². The number of hydrogen-bond donors (Lipinski definition) is 7. The van der Waals surface area contributed by atoms with E-state index in [1.54, 1.807) is 0 Å². The molecule has 0 rings (SSSR count). The zero-order chi connectivity index (χ0) is 25.5. The molecule has 7 N–H and O–H groups in total. The van der Waals surface area contributed by atoms with Crippen LogP contribution >= 0.6 is 0 Å². The van der Waals surface area contributed by atoms with Gasteiger partial charge in [-0.3, -0.25) is 16.0 Å². The number of rotatable bonds is 21. The molecule has 4 unspecified atom stereocenters. The third-order valence-corrected chi connectivity index (χ3v) is 6.17. The van der Waals surface area contributed by atoms with Gasteiger partial charge in [0, 0.05) is 18.6 Å². The molecule has 8 nitrogen and oxygen atoms in total. The second-order valence-corrected chi connectivity index (χ2v) is 10.2. The maximum atomic E-state index is 3.95. The van der Waals surface area contributed by atoms with Crippen molar-refractivity contribution < 1.29 is 0 Å². The first-order chi connectivity index (χ1) is 15.6. The Bertz CT molecular complexity index is 475. The summed E-state index contributed by atoms with van der Waals surface area (Å²) in [5, 5.41) is 21.4. The molecule has 200 valence electrons. The van der Waals surface area contributed by atoms with Crippen molar-refractivity contribution in [3.63, 3.8) is 0 Å². The van der Waals surface area contributed by atoms with Gasteiger partial charge in [0.1, 0.15) is 11.3 Å². The Morgan fingerprint density at radius 3 is 1.97 bits per heavy atom. The van der Waals surface area contributed by atoms with Crippen LogP contribution in [0.25, 0.3) is 0 Å². The average molecular weight is 473 g/mol. The maximum absolute atomic E-state index is 3.95. The third kappa shape index (κ3) is 10.1. The Kier molecular flexibility index (Phi) is 17.0. The molecule has 0 fully saturated rings. The molecule has 8 heteroatoms. The number of unbranched alkanes of at least 4 members (excludes halogenated alkanes) is 1. The van der Waals surface area contributed by atoms with Crippen molar-refractivity contribution in [2.75, 3.05) is 33.2 Å². The fraction of sp³-hybridized carbons (Fsp3) is 1.00. The zero-order valence-corrected chi connectivity index (χ0v) is 23.9. The monoisotopic (exact) mass is 472 g/mol. The summed E-state index contributed by atoms with van der Waals surface area (Å²) in [4.78, 5) is 0. The lowest BCUT2D eigenvalue weighted by Crippen LogP contribution is -2.90. The van der Waals surface area contributed by atoms with Crippen molar-refractivity contribution in [3.8, 4) is 0 Å². The van der Waals surface area contributed by atoms with Gasteiger partial charge in [-0.05, 0) is 79.6 Å². The SMILES string of the molecule is CCCCNC(NCCC)(NC(C)C)C(C)(C(NC)NCC)N(NCC(C)C)NC(C)CC. The number of nitrogens with zero attached hydrogens (tertiary/aromatic N) is 1. The topological polar surface area (TPSA) is 87.5 Å². The fourth-order valence-electron chi connectivity index (χ4n) is 4.10. The average Bonchev–Trinajstić information content (AvgIpc) is 2.77. The zero-order valence-electron chi connectivity index (χ0n) is 23.9. The number of hydrazine groups is 2. The van der Waals surface area contributed by atoms with Crippen LogP contribution in [0.1, 0.15) is 94.9 Å². The molecule has 0 aliphatic heterocycles. The Morgan fingerprint density at radius 1 is 0.879 bits per heavy atom. The molecule has 0 spiro atoms. The summed E-state index contributed by atoms with van der Waals surface area (Å²) in [5.41, 5.74) is 7.07. The first-order valence-electron chi connectivity index (χ1n) is 13.6. The smallest absolute Gasteiger partial charge is 0.148 e. The maximum Gasteiger partial charge on any atom is 0.148 e. The third-order valence-electron chi connectivity index (χ3n) is 6.17. The largest absolute Gasteiger partial charge is 0.303 e. The van der Waals surface area contributed by atoms with Gasteiger partial charge in [0.2, 0.25) is 0 Å². The second-order valence-electron chi connectivity index (χ2n) is 10.2. The Hall–Kier alpha value is -0.320. The summed E-state index contributed by atoms with van der Waals surface area (Å²) in [5.74, 6) is -0.0566. The Labute approximate surface area is 206 Å². The summed E-state index contributed by atoms with van der Waals surface area (Å²) in [6, 6.07) is 0.596. The minimum Gasteiger partial charge on any atom is -0.303 e. The van der Waals surface area contributed by atoms with Crippen LogP contribution < -0.4 is 37.4 Å².